The van der Waals surface area contributed by atoms with Crippen LogP contribution in [0.25, 0.3) is 11.1 Å². The highest BCUT2D eigenvalue weighted by Crippen LogP contribution is 2.32. The molecule has 4 rings (SSSR count). The molecule has 41 heavy (non-hydrogen) atoms. The smallest absolute Gasteiger partial charge is 0.374 e. The van der Waals surface area contributed by atoms with Crippen molar-refractivity contribution in [2.75, 3.05) is 0 Å². The molecule has 0 aliphatic carbocycles. The number of halogens is 6. The Morgan fingerprint density at radius 1 is 1.07 bits per heavy atom. The molecular formula is C28H25F6N5O2. The fourth-order valence-electron chi connectivity index (χ4n) is 4.48. The number of nitrogens with one attached hydrogen (secondary N) is 1. The zero-order valence-electron chi connectivity index (χ0n) is 21.5. The Bertz CT molecular complexity index is 1520. The first-order valence-corrected chi connectivity index (χ1v) is 12.4. The van der Waals surface area contributed by atoms with Gasteiger partial charge >= 0.3 is 6.18 Å². The van der Waals surface area contributed by atoms with E-state index >= 15 is 0 Å². The van der Waals surface area contributed by atoms with Gasteiger partial charge in [0.1, 0.15) is 29.7 Å². The Morgan fingerprint density at radius 3 is 2.39 bits per heavy atom. The molecule has 0 bridgehead atoms. The predicted molar refractivity (Wildman–Crippen MR) is 136 cm³/mol. The number of aromatic nitrogens is 3. The summed E-state index contributed by atoms with van der Waals surface area (Å²) < 4.78 is 82.6. The number of pyridine rings is 1. The summed E-state index contributed by atoms with van der Waals surface area (Å²) in [6, 6.07) is 8.35. The maximum absolute atomic E-state index is 14.2. The van der Waals surface area contributed by atoms with E-state index in [1.807, 2.05) is 0 Å². The summed E-state index contributed by atoms with van der Waals surface area (Å²) in [6.07, 6.45) is -3.98. The third-order valence-electron chi connectivity index (χ3n) is 6.38. The summed E-state index contributed by atoms with van der Waals surface area (Å²) in [5.41, 5.74) is 5.23. The number of nitrogens with two attached hydrogens (primary N) is 1. The van der Waals surface area contributed by atoms with Gasteiger partial charge in [0, 0.05) is 29.6 Å². The average Bonchev–Trinajstić information content (AvgIpc) is 3.39. The van der Waals surface area contributed by atoms with Gasteiger partial charge in [0.05, 0.1) is 11.7 Å². The van der Waals surface area contributed by atoms with Crippen molar-refractivity contribution < 1.29 is 36.2 Å². The van der Waals surface area contributed by atoms with Crippen LogP contribution in [-0.4, -0.2) is 25.8 Å². The van der Waals surface area contributed by atoms with E-state index in [1.165, 1.54) is 18.3 Å². The van der Waals surface area contributed by atoms with Gasteiger partial charge in [-0.1, -0.05) is 19.1 Å². The second-order valence-electron chi connectivity index (χ2n) is 9.26. The van der Waals surface area contributed by atoms with Crippen LogP contribution in [-0.2, 0) is 17.4 Å². The molecule has 4 aromatic rings. The van der Waals surface area contributed by atoms with E-state index < -0.39 is 53.5 Å². The van der Waals surface area contributed by atoms with Gasteiger partial charge in [-0.05, 0) is 60.4 Å². The molecule has 2 aromatic carbocycles. The summed E-state index contributed by atoms with van der Waals surface area (Å²) in [7, 11) is 0. The van der Waals surface area contributed by atoms with Crippen LogP contribution in [0.3, 0.4) is 0 Å². The summed E-state index contributed by atoms with van der Waals surface area (Å²) >= 11 is 0. The largest absolute Gasteiger partial charge is 0.435 e. The molecule has 2 aromatic heterocycles. The van der Waals surface area contributed by atoms with Gasteiger partial charge in [-0.2, -0.15) is 18.3 Å². The van der Waals surface area contributed by atoms with Crippen LogP contribution in [0.15, 0.2) is 67.0 Å². The second kappa shape index (κ2) is 12.1. The molecule has 0 radical (unpaired) electrons. The van der Waals surface area contributed by atoms with Crippen LogP contribution >= 0.6 is 0 Å². The van der Waals surface area contributed by atoms with E-state index in [1.54, 1.807) is 19.1 Å². The number of aliphatic hydroxyl groups is 1. The molecule has 0 fully saturated rings. The number of aliphatic hydroxyl groups excluding tert-OH is 1. The molecule has 0 spiro atoms. The molecule has 13 heteroatoms. The lowest BCUT2D eigenvalue weighted by Gasteiger charge is -2.24. The molecule has 0 aliphatic rings. The normalized spacial score (nSPS) is 14.0. The Kier molecular flexibility index (Phi) is 8.78. The minimum Gasteiger partial charge on any atom is -0.374 e. The first-order valence-electron chi connectivity index (χ1n) is 12.4. The Morgan fingerprint density at radius 2 is 1.78 bits per heavy atom. The van der Waals surface area contributed by atoms with Gasteiger partial charge in [-0.15, -0.1) is 0 Å². The van der Waals surface area contributed by atoms with Crippen LogP contribution < -0.4 is 11.1 Å². The minimum atomic E-state index is -4.71. The van der Waals surface area contributed by atoms with Gasteiger partial charge < -0.3 is 16.2 Å². The summed E-state index contributed by atoms with van der Waals surface area (Å²) in [5, 5.41) is 16.0. The maximum atomic E-state index is 14.2. The second-order valence-corrected chi connectivity index (χ2v) is 9.26. The molecule has 0 aliphatic heterocycles. The first-order chi connectivity index (χ1) is 19.4. The van der Waals surface area contributed by atoms with E-state index in [9.17, 15) is 36.2 Å². The number of hydrogen-bond acceptors (Lipinski definition) is 5. The lowest BCUT2D eigenvalue weighted by Crippen LogP contribution is -2.37. The van der Waals surface area contributed by atoms with Crippen LogP contribution in [0.5, 0.6) is 0 Å². The number of hydrogen-bond donors (Lipinski definition) is 3. The molecule has 216 valence electrons. The highest BCUT2D eigenvalue weighted by Gasteiger charge is 2.35. The monoisotopic (exact) mass is 577 g/mol. The van der Waals surface area contributed by atoms with E-state index in [0.717, 1.165) is 35.1 Å². The zero-order valence-corrected chi connectivity index (χ0v) is 21.5. The third kappa shape index (κ3) is 6.92. The lowest BCUT2D eigenvalue weighted by molar-refractivity contribution is -0.142. The fourth-order valence-corrected chi connectivity index (χ4v) is 4.48. The highest BCUT2D eigenvalue weighted by molar-refractivity contribution is 5.81. The van der Waals surface area contributed by atoms with Crippen molar-refractivity contribution in [1.82, 2.24) is 20.1 Å². The van der Waals surface area contributed by atoms with E-state index in [0.29, 0.717) is 17.2 Å². The molecule has 2 unspecified atom stereocenters. The number of carbonyl (C=O) groups is 1. The molecule has 4 N–H and O–H groups in total. The van der Waals surface area contributed by atoms with Crippen LogP contribution in [0.2, 0.25) is 0 Å². The number of carbonyl (C=O) groups excluding carboxylic acids is 1. The van der Waals surface area contributed by atoms with Gasteiger partial charge in [-0.3, -0.25) is 14.5 Å². The number of nitrogens with zero attached hydrogens (tertiary/aromatic N) is 3. The molecule has 0 saturated heterocycles. The average molecular weight is 578 g/mol. The summed E-state index contributed by atoms with van der Waals surface area (Å²) in [4.78, 5) is 17.8. The van der Waals surface area contributed by atoms with Crippen molar-refractivity contribution in [2.24, 2.45) is 5.73 Å². The van der Waals surface area contributed by atoms with Crippen LogP contribution in [0.1, 0.15) is 54.2 Å². The minimum absolute atomic E-state index is 0.0664. The molecule has 7 nitrogen and oxygen atoms in total. The van der Waals surface area contributed by atoms with Crippen molar-refractivity contribution in [3.8, 4) is 11.1 Å². The standard InChI is InChI=1S/C28H25F6N5O2/c1-2-23(39-9-7-24(38-39)28(32,33)34)27(41)37-22(12-15-10-17(29)14-18(30)11-15)25-19(4-3-8-36-25)16-5-6-21(31)20(13-16)26(35)40/h3-11,13-14,22-23,26,40H,2,12,35H2,1H3,(H,37,41)/t22-,23?,26?/m0/s1. The number of amides is 1. The van der Waals surface area contributed by atoms with Crippen LogP contribution in [0, 0.1) is 17.5 Å². The Hall–Kier alpha value is -4.23. The van der Waals surface area contributed by atoms with Gasteiger partial charge in [0.15, 0.2) is 5.69 Å². The predicted octanol–water partition coefficient (Wildman–Crippen LogP) is 5.38. The summed E-state index contributed by atoms with van der Waals surface area (Å²) in [5.74, 6) is -3.18. The van der Waals surface area contributed by atoms with Crippen molar-refractivity contribution in [3.05, 3.63) is 107 Å². The van der Waals surface area contributed by atoms with E-state index in [-0.39, 0.29) is 29.7 Å². The third-order valence-corrected chi connectivity index (χ3v) is 6.38. The molecule has 2 heterocycles. The maximum Gasteiger partial charge on any atom is 0.435 e. The fraction of sp³-hybridized carbons (Fsp3) is 0.250. The Labute approximate surface area is 230 Å². The number of benzene rings is 2. The number of rotatable bonds is 9. The van der Waals surface area contributed by atoms with Gasteiger partial charge in [0.25, 0.3) is 0 Å². The molecule has 0 saturated carbocycles. The van der Waals surface area contributed by atoms with Crippen molar-refractivity contribution in [3.63, 3.8) is 0 Å². The van der Waals surface area contributed by atoms with Gasteiger partial charge in [-0.25, -0.2) is 13.2 Å². The first kappa shape index (κ1) is 29.7. The van der Waals surface area contributed by atoms with Crippen molar-refractivity contribution in [2.45, 2.75) is 44.3 Å². The molecule has 1 amide bonds. The summed E-state index contributed by atoms with van der Waals surface area (Å²) in [6.45, 7) is 1.58. The van der Waals surface area contributed by atoms with Crippen LogP contribution in [0.4, 0.5) is 26.3 Å². The van der Waals surface area contributed by atoms with E-state index in [2.05, 4.69) is 15.4 Å². The van der Waals surface area contributed by atoms with E-state index in [4.69, 9.17) is 5.73 Å². The number of alkyl halides is 3. The van der Waals surface area contributed by atoms with Crippen molar-refractivity contribution in [1.29, 1.82) is 0 Å². The molecular weight excluding hydrogens is 552 g/mol. The van der Waals surface area contributed by atoms with Gasteiger partial charge in [0.2, 0.25) is 5.91 Å². The zero-order chi connectivity index (χ0) is 29.9. The molecule has 3 atom stereocenters. The highest BCUT2D eigenvalue weighted by atomic mass is 19.4. The lowest BCUT2D eigenvalue weighted by atomic mass is 9.94. The SMILES string of the molecule is CCC(C(=O)N[C@@H](Cc1cc(F)cc(F)c1)c1ncccc1-c1ccc(F)c(C(N)O)c1)n1ccc(C(F)(F)F)n1. The quantitative estimate of drug-likeness (QED) is 0.183. The van der Waals surface area contributed by atoms with Crippen molar-refractivity contribution >= 4 is 5.91 Å². The Balaban J connectivity index is 1.76. The topological polar surface area (TPSA) is 106 Å².